The van der Waals surface area contributed by atoms with Crippen LogP contribution in [0.2, 0.25) is 5.02 Å². The molecule has 4 nitrogen and oxygen atoms in total. The number of hydrogen-bond donors (Lipinski definition) is 1. The lowest BCUT2D eigenvalue weighted by Crippen LogP contribution is -2.30. The Morgan fingerprint density at radius 2 is 2.04 bits per heavy atom. The van der Waals surface area contributed by atoms with Crippen LogP contribution in [0.3, 0.4) is 0 Å². The maximum Gasteiger partial charge on any atom is 0.255 e. The molecule has 0 aliphatic heterocycles. The molecule has 1 N–H and O–H groups in total. The number of hydrogen-bond acceptors (Lipinski definition) is 3. The third kappa shape index (κ3) is 3.40. The first-order chi connectivity index (χ1) is 11.9. The molecule has 1 saturated carbocycles. The predicted molar refractivity (Wildman–Crippen MR) is 98.9 cm³/mol. The molecule has 0 bridgehead atoms. The highest BCUT2D eigenvalue weighted by molar-refractivity contribution is 6.31. The van der Waals surface area contributed by atoms with Gasteiger partial charge in [0.15, 0.2) is 0 Å². The van der Waals surface area contributed by atoms with Gasteiger partial charge < -0.3 is 14.8 Å². The molecule has 5 heteroatoms. The average molecular weight is 362 g/mol. The fourth-order valence-electron chi connectivity index (χ4n) is 3.89. The summed E-state index contributed by atoms with van der Waals surface area (Å²) >= 11 is 6.04. The summed E-state index contributed by atoms with van der Waals surface area (Å²) in [5.41, 5.74) is 0.500. The van der Waals surface area contributed by atoms with E-state index in [1.807, 2.05) is 6.08 Å². The summed E-state index contributed by atoms with van der Waals surface area (Å²) in [5.74, 6) is 2.00. The summed E-state index contributed by atoms with van der Waals surface area (Å²) in [6.45, 7) is 4.38. The van der Waals surface area contributed by atoms with Gasteiger partial charge in [-0.3, -0.25) is 4.79 Å². The normalized spacial score (nSPS) is 26.6. The summed E-state index contributed by atoms with van der Waals surface area (Å²) < 4.78 is 10.6. The predicted octanol–water partition coefficient (Wildman–Crippen LogP) is 4.21. The molecule has 25 heavy (non-hydrogen) atoms. The molecule has 2 aliphatic carbocycles. The maximum absolute atomic E-state index is 12.8. The summed E-state index contributed by atoms with van der Waals surface area (Å²) in [6, 6.07) is 5.18. The Labute approximate surface area is 153 Å². The molecule has 2 aliphatic rings. The highest BCUT2D eigenvalue weighted by Crippen LogP contribution is 2.57. The van der Waals surface area contributed by atoms with Gasteiger partial charge in [0.2, 0.25) is 0 Å². The van der Waals surface area contributed by atoms with Crippen LogP contribution in [0, 0.1) is 17.3 Å². The molecule has 0 spiro atoms. The van der Waals surface area contributed by atoms with E-state index in [0.29, 0.717) is 28.2 Å². The van der Waals surface area contributed by atoms with Crippen LogP contribution < -0.4 is 10.1 Å². The molecule has 3 rings (SSSR count). The van der Waals surface area contributed by atoms with Gasteiger partial charge in [0.25, 0.3) is 5.91 Å². The van der Waals surface area contributed by atoms with Crippen molar-refractivity contribution >= 4 is 17.5 Å². The van der Waals surface area contributed by atoms with Gasteiger partial charge in [-0.15, -0.1) is 0 Å². The van der Waals surface area contributed by atoms with Crippen LogP contribution in [0.25, 0.3) is 0 Å². The van der Waals surface area contributed by atoms with E-state index in [1.54, 1.807) is 32.4 Å². The molecule has 0 saturated heterocycles. The first-order valence-electron chi connectivity index (χ1n) is 8.45. The molecular formula is C20H24ClNO3. The second-order valence-electron chi connectivity index (χ2n) is 7.22. The van der Waals surface area contributed by atoms with Crippen molar-refractivity contribution in [2.75, 3.05) is 14.2 Å². The molecule has 0 radical (unpaired) electrons. The largest absolute Gasteiger partial charge is 0.497 e. The third-order valence-corrected chi connectivity index (χ3v) is 5.60. The van der Waals surface area contributed by atoms with Gasteiger partial charge >= 0.3 is 0 Å². The molecule has 1 aromatic carbocycles. The van der Waals surface area contributed by atoms with Crippen molar-refractivity contribution in [3.8, 4) is 5.75 Å². The molecule has 1 fully saturated rings. The number of methoxy groups -OCH3 is 2. The lowest BCUT2D eigenvalue weighted by Gasteiger charge is -2.17. The number of halogens is 1. The second kappa shape index (κ2) is 6.75. The zero-order valence-corrected chi connectivity index (χ0v) is 15.8. The lowest BCUT2D eigenvalue weighted by molar-refractivity contribution is 0.0941. The molecule has 3 atom stereocenters. The van der Waals surface area contributed by atoms with E-state index in [9.17, 15) is 4.79 Å². The van der Waals surface area contributed by atoms with Crippen LogP contribution in [0.5, 0.6) is 5.75 Å². The number of benzene rings is 1. The topological polar surface area (TPSA) is 47.6 Å². The van der Waals surface area contributed by atoms with Crippen molar-refractivity contribution < 1.29 is 14.3 Å². The SMILES string of the molecule is COC1=CC([C@H]2[C@H](NC(=O)c3cc(Cl)ccc3OC)C2(C)C)CC=C1. The Morgan fingerprint density at radius 1 is 1.28 bits per heavy atom. The Bertz CT molecular complexity index is 738. The number of carbonyl (C=O) groups excluding carboxylic acids is 1. The van der Waals surface area contributed by atoms with Crippen LogP contribution in [0.15, 0.2) is 42.2 Å². The van der Waals surface area contributed by atoms with E-state index >= 15 is 0 Å². The Balaban J connectivity index is 1.75. The van der Waals surface area contributed by atoms with Crippen LogP contribution in [0.4, 0.5) is 0 Å². The molecule has 0 aromatic heterocycles. The summed E-state index contributed by atoms with van der Waals surface area (Å²) in [6.07, 6.45) is 7.26. The van der Waals surface area contributed by atoms with Gasteiger partial charge in [-0.1, -0.05) is 31.5 Å². The number of ether oxygens (including phenoxy) is 2. The molecule has 0 heterocycles. The molecule has 1 aromatic rings. The standard InChI is InChI=1S/C20H24ClNO3/c1-20(2)17(12-6-5-7-14(10-12)24-3)18(20)22-19(23)15-11-13(21)8-9-16(15)25-4/h5,7-12,17-18H,6H2,1-4H3,(H,22,23)/t12?,17-,18-/m0/s1. The Hall–Kier alpha value is -1.94. The highest BCUT2D eigenvalue weighted by Gasteiger charge is 2.61. The lowest BCUT2D eigenvalue weighted by atomic mass is 9.91. The number of carbonyl (C=O) groups is 1. The minimum atomic E-state index is -0.151. The zero-order valence-electron chi connectivity index (χ0n) is 15.0. The first kappa shape index (κ1) is 17.9. The van der Waals surface area contributed by atoms with E-state index in [4.69, 9.17) is 21.1 Å². The van der Waals surface area contributed by atoms with Crippen molar-refractivity contribution in [1.29, 1.82) is 0 Å². The van der Waals surface area contributed by atoms with Crippen molar-refractivity contribution in [2.24, 2.45) is 17.3 Å². The molecular weight excluding hydrogens is 338 g/mol. The summed E-state index contributed by atoms with van der Waals surface area (Å²) in [5, 5.41) is 3.69. The molecule has 1 unspecified atom stereocenters. The van der Waals surface area contributed by atoms with E-state index in [1.165, 1.54) is 0 Å². The van der Waals surface area contributed by atoms with Crippen LogP contribution in [-0.2, 0) is 4.74 Å². The monoisotopic (exact) mass is 361 g/mol. The minimum absolute atomic E-state index is 0.0344. The maximum atomic E-state index is 12.8. The smallest absolute Gasteiger partial charge is 0.255 e. The van der Waals surface area contributed by atoms with Gasteiger partial charge in [-0.05, 0) is 54.0 Å². The van der Waals surface area contributed by atoms with E-state index in [0.717, 1.165) is 12.2 Å². The van der Waals surface area contributed by atoms with Gasteiger partial charge in [0.1, 0.15) is 11.5 Å². The Kier molecular flexibility index (Phi) is 4.83. The van der Waals surface area contributed by atoms with Gasteiger partial charge in [-0.25, -0.2) is 0 Å². The third-order valence-electron chi connectivity index (χ3n) is 5.37. The quantitative estimate of drug-likeness (QED) is 0.854. The molecule has 1 amide bonds. The Morgan fingerprint density at radius 3 is 2.72 bits per heavy atom. The molecule has 134 valence electrons. The fraction of sp³-hybridized carbons (Fsp3) is 0.450. The van der Waals surface area contributed by atoms with E-state index in [-0.39, 0.29) is 17.4 Å². The van der Waals surface area contributed by atoms with Crippen molar-refractivity contribution in [3.63, 3.8) is 0 Å². The van der Waals surface area contributed by atoms with Crippen molar-refractivity contribution in [1.82, 2.24) is 5.32 Å². The van der Waals surface area contributed by atoms with Crippen LogP contribution in [0.1, 0.15) is 30.6 Å². The van der Waals surface area contributed by atoms with Gasteiger partial charge in [-0.2, -0.15) is 0 Å². The van der Waals surface area contributed by atoms with Crippen LogP contribution >= 0.6 is 11.6 Å². The highest BCUT2D eigenvalue weighted by atomic mass is 35.5. The summed E-state index contributed by atoms with van der Waals surface area (Å²) in [7, 11) is 3.23. The number of rotatable bonds is 5. The van der Waals surface area contributed by atoms with Crippen LogP contribution in [-0.4, -0.2) is 26.2 Å². The number of allylic oxidation sites excluding steroid dienone is 3. The number of amides is 1. The first-order valence-corrected chi connectivity index (χ1v) is 8.83. The fourth-order valence-corrected chi connectivity index (χ4v) is 4.06. The van der Waals surface area contributed by atoms with E-state index < -0.39 is 0 Å². The number of nitrogens with one attached hydrogen (secondary N) is 1. The zero-order chi connectivity index (χ0) is 18.2. The van der Waals surface area contributed by atoms with Gasteiger partial charge in [0.05, 0.1) is 19.8 Å². The van der Waals surface area contributed by atoms with Gasteiger partial charge in [0, 0.05) is 11.1 Å². The van der Waals surface area contributed by atoms with Crippen molar-refractivity contribution in [2.45, 2.75) is 26.3 Å². The minimum Gasteiger partial charge on any atom is -0.497 e. The average Bonchev–Trinajstić information content (AvgIpc) is 3.14. The second-order valence-corrected chi connectivity index (χ2v) is 7.65. The van der Waals surface area contributed by atoms with E-state index in [2.05, 4.69) is 31.3 Å². The van der Waals surface area contributed by atoms with Crippen molar-refractivity contribution in [3.05, 3.63) is 52.8 Å². The summed E-state index contributed by atoms with van der Waals surface area (Å²) in [4.78, 5) is 12.8.